The lowest BCUT2D eigenvalue weighted by Crippen LogP contribution is -2.56. The molecular weight excluding hydrogens is 446 g/mol. The summed E-state index contributed by atoms with van der Waals surface area (Å²) in [6.07, 6.45) is 0.754. The molecule has 0 radical (unpaired) electrons. The van der Waals surface area contributed by atoms with Crippen LogP contribution in [0.4, 0.5) is 0 Å². The second-order valence-corrected chi connectivity index (χ2v) is 8.47. The SMILES string of the molecule is CCOC(=O)C1(NC(=O)c2ccc(-c3ccc(C)cc3)o2)Cc2ccc(Br)cc2C1. The van der Waals surface area contributed by atoms with E-state index in [-0.39, 0.29) is 12.4 Å². The van der Waals surface area contributed by atoms with Crippen molar-refractivity contribution in [3.8, 4) is 11.3 Å². The van der Waals surface area contributed by atoms with Crippen LogP contribution in [0, 0.1) is 6.92 Å². The van der Waals surface area contributed by atoms with Gasteiger partial charge < -0.3 is 14.5 Å². The Kier molecular flexibility index (Phi) is 5.52. The number of carbonyl (C=O) groups is 2. The van der Waals surface area contributed by atoms with Crippen LogP contribution in [-0.4, -0.2) is 24.0 Å². The molecule has 1 aliphatic carbocycles. The van der Waals surface area contributed by atoms with Crippen molar-refractivity contribution in [3.05, 3.63) is 81.5 Å². The number of benzene rings is 2. The Hall–Kier alpha value is -2.86. The van der Waals surface area contributed by atoms with E-state index in [4.69, 9.17) is 9.15 Å². The maximum atomic E-state index is 13.0. The number of hydrogen-bond acceptors (Lipinski definition) is 4. The van der Waals surface area contributed by atoms with Crippen LogP contribution in [0.3, 0.4) is 0 Å². The Labute approximate surface area is 183 Å². The standard InChI is InChI=1S/C24H22BrNO4/c1-3-29-23(28)24(13-17-8-9-19(25)12-18(17)14-24)26-22(27)21-11-10-20(30-21)16-6-4-15(2)5-7-16/h4-12H,3,13-14H2,1-2H3,(H,26,27). The quantitative estimate of drug-likeness (QED) is 0.544. The molecule has 6 heteroatoms. The topological polar surface area (TPSA) is 68.5 Å². The van der Waals surface area contributed by atoms with Crippen LogP contribution in [0.2, 0.25) is 0 Å². The van der Waals surface area contributed by atoms with Crippen LogP contribution in [0.5, 0.6) is 0 Å². The number of rotatable bonds is 5. The van der Waals surface area contributed by atoms with Gasteiger partial charge in [-0.05, 0) is 49.2 Å². The minimum absolute atomic E-state index is 0.159. The van der Waals surface area contributed by atoms with Gasteiger partial charge in [0.15, 0.2) is 5.76 Å². The fraction of sp³-hybridized carbons (Fsp3) is 0.250. The van der Waals surface area contributed by atoms with Gasteiger partial charge in [0.05, 0.1) is 6.61 Å². The summed E-state index contributed by atoms with van der Waals surface area (Å²) in [7, 11) is 0. The van der Waals surface area contributed by atoms with Crippen molar-refractivity contribution in [3.63, 3.8) is 0 Å². The molecule has 1 aliphatic rings. The summed E-state index contributed by atoms with van der Waals surface area (Å²) in [4.78, 5) is 25.9. The van der Waals surface area contributed by atoms with E-state index in [1.165, 1.54) is 0 Å². The predicted molar refractivity (Wildman–Crippen MR) is 117 cm³/mol. The first-order chi connectivity index (χ1) is 14.4. The van der Waals surface area contributed by atoms with Gasteiger partial charge in [-0.15, -0.1) is 0 Å². The molecule has 3 aromatic rings. The van der Waals surface area contributed by atoms with Gasteiger partial charge in [-0.25, -0.2) is 4.79 Å². The highest BCUT2D eigenvalue weighted by molar-refractivity contribution is 9.10. The largest absolute Gasteiger partial charge is 0.464 e. The number of amides is 1. The molecule has 0 saturated heterocycles. The molecule has 1 unspecified atom stereocenters. The molecule has 1 heterocycles. The van der Waals surface area contributed by atoms with E-state index in [1.807, 2.05) is 49.4 Å². The number of fused-ring (bicyclic) bond motifs is 1. The van der Waals surface area contributed by atoms with Crippen LogP contribution in [0.1, 0.15) is 34.2 Å². The van der Waals surface area contributed by atoms with E-state index in [0.717, 1.165) is 26.7 Å². The maximum Gasteiger partial charge on any atom is 0.332 e. The molecule has 4 rings (SSSR count). The van der Waals surface area contributed by atoms with E-state index in [1.54, 1.807) is 19.1 Å². The van der Waals surface area contributed by atoms with E-state index >= 15 is 0 Å². The summed E-state index contributed by atoms with van der Waals surface area (Å²) in [6, 6.07) is 17.1. The van der Waals surface area contributed by atoms with Crippen LogP contribution in [-0.2, 0) is 22.4 Å². The van der Waals surface area contributed by atoms with Gasteiger partial charge in [0, 0.05) is 22.9 Å². The van der Waals surface area contributed by atoms with Gasteiger partial charge in [-0.1, -0.05) is 51.8 Å². The fourth-order valence-corrected chi connectivity index (χ4v) is 4.22. The van der Waals surface area contributed by atoms with Crippen LogP contribution in [0.25, 0.3) is 11.3 Å². The predicted octanol–water partition coefficient (Wildman–Crippen LogP) is 4.85. The summed E-state index contributed by atoms with van der Waals surface area (Å²) in [5, 5.41) is 2.91. The number of ether oxygens (including phenoxy) is 1. The van der Waals surface area contributed by atoms with Crippen molar-refractivity contribution in [2.24, 2.45) is 0 Å². The second kappa shape index (κ2) is 8.11. The first-order valence-corrected chi connectivity index (χ1v) is 10.6. The minimum atomic E-state index is -1.15. The lowest BCUT2D eigenvalue weighted by atomic mass is 9.95. The monoisotopic (exact) mass is 467 g/mol. The fourth-order valence-electron chi connectivity index (χ4n) is 3.81. The number of carbonyl (C=O) groups excluding carboxylic acids is 2. The molecule has 1 atom stereocenters. The Morgan fingerprint density at radius 1 is 1.07 bits per heavy atom. The number of aryl methyl sites for hydroxylation is 1. The number of esters is 1. The molecule has 2 aromatic carbocycles. The maximum absolute atomic E-state index is 13.0. The Balaban J connectivity index is 1.59. The van der Waals surface area contributed by atoms with Gasteiger partial charge in [0.1, 0.15) is 11.3 Å². The van der Waals surface area contributed by atoms with Crippen LogP contribution >= 0.6 is 15.9 Å². The molecule has 5 nitrogen and oxygen atoms in total. The Bertz CT molecular complexity index is 1100. The third kappa shape index (κ3) is 3.92. The van der Waals surface area contributed by atoms with Gasteiger partial charge in [-0.3, -0.25) is 4.79 Å². The molecule has 0 spiro atoms. The molecule has 30 heavy (non-hydrogen) atoms. The molecule has 0 aliphatic heterocycles. The second-order valence-electron chi connectivity index (χ2n) is 7.55. The molecule has 0 saturated carbocycles. The zero-order chi connectivity index (χ0) is 21.3. The smallest absolute Gasteiger partial charge is 0.332 e. The molecule has 0 fully saturated rings. The highest BCUT2D eigenvalue weighted by Crippen LogP contribution is 2.34. The number of hydrogen-bond donors (Lipinski definition) is 1. The lowest BCUT2D eigenvalue weighted by Gasteiger charge is -2.27. The van der Waals surface area contributed by atoms with Crippen LogP contribution in [0.15, 0.2) is 63.5 Å². The van der Waals surface area contributed by atoms with E-state index < -0.39 is 17.4 Å². The molecular formula is C24H22BrNO4. The van der Waals surface area contributed by atoms with E-state index in [2.05, 4.69) is 21.2 Å². The Morgan fingerprint density at radius 2 is 1.80 bits per heavy atom. The van der Waals surface area contributed by atoms with E-state index in [9.17, 15) is 9.59 Å². The first-order valence-electron chi connectivity index (χ1n) is 9.84. The highest BCUT2D eigenvalue weighted by atomic mass is 79.9. The number of nitrogens with one attached hydrogen (secondary N) is 1. The van der Waals surface area contributed by atoms with Crippen molar-refractivity contribution in [1.82, 2.24) is 5.32 Å². The van der Waals surface area contributed by atoms with Gasteiger partial charge in [0.25, 0.3) is 5.91 Å². The van der Waals surface area contributed by atoms with Gasteiger partial charge >= 0.3 is 5.97 Å². The Morgan fingerprint density at radius 3 is 2.53 bits per heavy atom. The summed E-state index contributed by atoms with van der Waals surface area (Å²) in [6.45, 7) is 4.01. The third-order valence-corrected chi connectivity index (χ3v) is 5.83. The average Bonchev–Trinajstić information content (AvgIpc) is 3.34. The highest BCUT2D eigenvalue weighted by Gasteiger charge is 2.47. The van der Waals surface area contributed by atoms with Crippen molar-refractivity contribution in [1.29, 1.82) is 0 Å². The zero-order valence-corrected chi connectivity index (χ0v) is 18.4. The molecule has 1 aromatic heterocycles. The average molecular weight is 468 g/mol. The summed E-state index contributed by atoms with van der Waals surface area (Å²) in [5.74, 6) is -0.111. The lowest BCUT2D eigenvalue weighted by molar-refractivity contribution is -0.150. The number of halogens is 1. The molecule has 1 N–H and O–H groups in total. The summed E-state index contributed by atoms with van der Waals surface area (Å²) >= 11 is 3.47. The molecule has 0 bridgehead atoms. The normalized spacial score (nSPS) is 17.4. The van der Waals surface area contributed by atoms with Crippen LogP contribution < -0.4 is 5.32 Å². The minimum Gasteiger partial charge on any atom is -0.464 e. The first kappa shape index (κ1) is 20.4. The summed E-state index contributed by atoms with van der Waals surface area (Å²) in [5.41, 5.74) is 2.92. The third-order valence-electron chi connectivity index (χ3n) is 5.34. The molecule has 1 amide bonds. The van der Waals surface area contributed by atoms with Crippen molar-refractivity contribution < 1.29 is 18.7 Å². The zero-order valence-electron chi connectivity index (χ0n) is 16.8. The summed E-state index contributed by atoms with van der Waals surface area (Å²) < 4.78 is 12.0. The van der Waals surface area contributed by atoms with E-state index in [0.29, 0.717) is 18.6 Å². The van der Waals surface area contributed by atoms with Crippen molar-refractivity contribution in [2.45, 2.75) is 32.2 Å². The van der Waals surface area contributed by atoms with Crippen molar-refractivity contribution in [2.75, 3.05) is 6.61 Å². The molecule has 154 valence electrons. The van der Waals surface area contributed by atoms with Gasteiger partial charge in [0.2, 0.25) is 0 Å². The number of furan rings is 1. The van der Waals surface area contributed by atoms with Gasteiger partial charge in [-0.2, -0.15) is 0 Å². The van der Waals surface area contributed by atoms with Crippen molar-refractivity contribution >= 4 is 27.8 Å².